The van der Waals surface area contributed by atoms with Gasteiger partial charge < -0.3 is 0 Å². The van der Waals surface area contributed by atoms with Crippen LogP contribution >= 0.6 is 46.3 Å². The molecule has 0 N–H and O–H groups in total. The van der Waals surface area contributed by atoms with Gasteiger partial charge >= 0.3 is 0 Å². The molecule has 0 aromatic rings. The first-order valence-electron chi connectivity index (χ1n) is 7.57. The quantitative estimate of drug-likeness (QED) is 0.334. The first-order valence-corrected chi connectivity index (χ1v) is 15.2. The minimum Gasteiger partial charge on any atom is -0.180 e. The number of thiol groups is 1. The van der Waals surface area contributed by atoms with Gasteiger partial charge in [-0.15, -0.1) is 0 Å². The zero-order valence-electron chi connectivity index (χ0n) is 13.4. The molecular weight excluding hydrogens is 325 g/mol. The summed E-state index contributed by atoms with van der Waals surface area (Å²) in [5, 5.41) is 2.37. The maximum absolute atomic E-state index is 4.56. The summed E-state index contributed by atoms with van der Waals surface area (Å²) >= 11 is 11.5. The Balaban J connectivity index is 4.96. The van der Waals surface area contributed by atoms with Gasteiger partial charge in [0.25, 0.3) is 0 Å². The van der Waals surface area contributed by atoms with Gasteiger partial charge in [-0.1, -0.05) is 41.5 Å². The summed E-state index contributed by atoms with van der Waals surface area (Å²) in [4.78, 5) is 0. The highest BCUT2D eigenvalue weighted by Crippen LogP contribution is 2.51. The lowest BCUT2D eigenvalue weighted by molar-refractivity contribution is 0.907. The molecule has 0 radical (unpaired) electrons. The fourth-order valence-electron chi connectivity index (χ4n) is 1.57. The van der Waals surface area contributed by atoms with E-state index >= 15 is 0 Å². The zero-order chi connectivity index (χ0) is 14.9. The lowest BCUT2D eigenvalue weighted by Crippen LogP contribution is -2.30. The van der Waals surface area contributed by atoms with Crippen LogP contribution in [-0.2, 0) is 0 Å². The average molecular weight is 357 g/mol. The van der Waals surface area contributed by atoms with Crippen LogP contribution in [0.15, 0.2) is 0 Å². The van der Waals surface area contributed by atoms with Gasteiger partial charge in [-0.05, 0) is 46.8 Å². The Hall–Kier alpha value is 1.62. The van der Waals surface area contributed by atoms with E-state index in [-0.39, 0.29) is 0 Å². The Kier molecular flexibility index (Phi) is 12.2. The molecule has 0 aromatic carbocycles. The summed E-state index contributed by atoms with van der Waals surface area (Å²) in [5.74, 6) is 1.04. The third-order valence-corrected chi connectivity index (χ3v) is 22.0. The Bertz CT molecular complexity index is 194. The molecule has 116 valence electrons. The smallest absolute Gasteiger partial charge is 0.180 e. The molecule has 0 aromatic heterocycles. The van der Waals surface area contributed by atoms with Crippen LogP contribution in [-0.4, -0.2) is 27.0 Å². The van der Waals surface area contributed by atoms with Crippen LogP contribution < -0.4 is 0 Å². The van der Waals surface area contributed by atoms with Gasteiger partial charge in [0.05, 0.1) is 0 Å². The van der Waals surface area contributed by atoms with Crippen LogP contribution in [0.1, 0.15) is 60.8 Å². The largest absolute Gasteiger partial charge is 0.239 e. The van der Waals surface area contributed by atoms with Crippen LogP contribution in [0.4, 0.5) is 0 Å². The van der Waals surface area contributed by atoms with Crippen LogP contribution in [0.2, 0.25) is 6.04 Å². The fourth-order valence-corrected chi connectivity index (χ4v) is 26.9. The third-order valence-electron chi connectivity index (χ3n) is 3.28. The molecule has 0 aliphatic rings. The van der Waals surface area contributed by atoms with Crippen molar-refractivity contribution in [1.29, 1.82) is 0 Å². The number of hydrogen-bond acceptors (Lipinski definition) is 4. The van der Waals surface area contributed by atoms with E-state index in [0.717, 1.165) is 21.5 Å². The molecular formula is C14H32S4Si. The van der Waals surface area contributed by atoms with Crippen LogP contribution in [0.25, 0.3) is 0 Å². The summed E-state index contributed by atoms with van der Waals surface area (Å²) in [7, 11) is 0. The summed E-state index contributed by atoms with van der Waals surface area (Å²) < 4.78 is 0. The van der Waals surface area contributed by atoms with E-state index in [4.69, 9.17) is 0 Å². The van der Waals surface area contributed by atoms with Crippen molar-refractivity contribution in [2.45, 2.75) is 82.6 Å². The molecule has 0 aliphatic heterocycles. The average Bonchev–Trinajstić information content (AvgIpc) is 2.38. The zero-order valence-corrected chi connectivity index (χ0v) is 17.8. The van der Waals surface area contributed by atoms with E-state index in [9.17, 15) is 0 Å². The summed E-state index contributed by atoms with van der Waals surface area (Å²) in [6.45, 7) is 14.2. The second kappa shape index (κ2) is 11.2. The van der Waals surface area contributed by atoms with Crippen molar-refractivity contribution in [3.05, 3.63) is 0 Å². The molecule has 19 heavy (non-hydrogen) atoms. The van der Waals surface area contributed by atoms with Gasteiger partial charge in [0.2, 0.25) is 5.52 Å². The Morgan fingerprint density at radius 3 is 1.32 bits per heavy atom. The highest BCUT2D eigenvalue weighted by molar-refractivity contribution is 8.81. The molecule has 0 saturated carbocycles. The predicted molar refractivity (Wildman–Crippen MR) is 106 cm³/mol. The Labute approximate surface area is 139 Å². The second-order valence-corrected chi connectivity index (χ2v) is 21.3. The molecule has 0 rings (SSSR count). The molecule has 0 fully saturated rings. The van der Waals surface area contributed by atoms with E-state index in [1.807, 2.05) is 0 Å². The Morgan fingerprint density at radius 1 is 0.789 bits per heavy atom. The van der Waals surface area contributed by atoms with Gasteiger partial charge in [-0.3, -0.25) is 0 Å². The molecule has 0 heterocycles. The van der Waals surface area contributed by atoms with Crippen LogP contribution in [0.5, 0.6) is 0 Å². The minimum absolute atomic E-state index is 0.791. The normalized spacial score (nSPS) is 19.7. The summed E-state index contributed by atoms with van der Waals surface area (Å²) in [5.41, 5.74) is -1.37. The maximum atomic E-state index is 4.56. The standard InChI is InChI=1S/C14H32S4Si/c1-7-12(4)16-19(11-10-15,17-13(5)8-2)18-14(6)9-3/h12-15H,7-11H2,1-6H3. The highest BCUT2D eigenvalue weighted by atomic mass is 32.8. The minimum atomic E-state index is -1.37. The third kappa shape index (κ3) is 8.59. The van der Waals surface area contributed by atoms with Crippen molar-refractivity contribution < 1.29 is 0 Å². The van der Waals surface area contributed by atoms with Gasteiger partial charge in [-0.25, -0.2) is 0 Å². The predicted octanol–water partition coefficient (Wildman–Crippen LogP) is 6.45. The second-order valence-electron chi connectivity index (χ2n) is 5.17. The molecule has 5 heteroatoms. The monoisotopic (exact) mass is 356 g/mol. The van der Waals surface area contributed by atoms with Crippen molar-refractivity contribution >= 4 is 51.8 Å². The van der Waals surface area contributed by atoms with E-state index in [0.29, 0.717) is 0 Å². The Morgan fingerprint density at radius 2 is 1.11 bits per heavy atom. The topological polar surface area (TPSA) is 0 Å². The molecule has 0 nitrogen and oxygen atoms in total. The van der Waals surface area contributed by atoms with E-state index in [2.05, 4.69) is 87.8 Å². The van der Waals surface area contributed by atoms with Crippen molar-refractivity contribution in [1.82, 2.24) is 0 Å². The molecule has 0 saturated heterocycles. The molecule has 0 aliphatic carbocycles. The summed E-state index contributed by atoms with van der Waals surface area (Å²) in [6, 6.07) is 1.33. The van der Waals surface area contributed by atoms with Crippen LogP contribution in [0, 0.1) is 0 Å². The molecule has 3 unspecified atom stereocenters. The first-order chi connectivity index (χ1) is 8.92. The lowest BCUT2D eigenvalue weighted by Gasteiger charge is -2.35. The molecule has 0 spiro atoms. The van der Waals surface area contributed by atoms with Gasteiger partial charge in [0.1, 0.15) is 0 Å². The SMILES string of the molecule is CCC(C)S[Si](CCS)(SC(C)CC)SC(C)CC. The van der Waals surface area contributed by atoms with E-state index in [1.165, 1.54) is 25.3 Å². The lowest BCUT2D eigenvalue weighted by atomic mass is 10.4. The highest BCUT2D eigenvalue weighted by Gasteiger charge is 2.39. The first kappa shape index (κ1) is 20.6. The number of hydrogen-bond donors (Lipinski definition) is 1. The van der Waals surface area contributed by atoms with E-state index in [1.54, 1.807) is 0 Å². The maximum Gasteiger partial charge on any atom is 0.239 e. The van der Waals surface area contributed by atoms with Gasteiger partial charge in [0, 0.05) is 0 Å². The van der Waals surface area contributed by atoms with Crippen molar-refractivity contribution in [2.75, 3.05) is 5.75 Å². The number of rotatable bonds is 11. The van der Waals surface area contributed by atoms with Crippen molar-refractivity contribution in [3.63, 3.8) is 0 Å². The molecule has 0 bridgehead atoms. The van der Waals surface area contributed by atoms with E-state index < -0.39 is 5.52 Å². The van der Waals surface area contributed by atoms with Crippen LogP contribution in [0.3, 0.4) is 0 Å². The summed E-state index contributed by atoms with van der Waals surface area (Å²) in [6.07, 6.45) is 3.86. The molecule has 0 amide bonds. The van der Waals surface area contributed by atoms with Crippen molar-refractivity contribution in [2.24, 2.45) is 0 Å². The van der Waals surface area contributed by atoms with Gasteiger partial charge in [-0.2, -0.15) is 46.3 Å². The van der Waals surface area contributed by atoms with Crippen molar-refractivity contribution in [3.8, 4) is 0 Å². The van der Waals surface area contributed by atoms with Gasteiger partial charge in [0.15, 0.2) is 0 Å². The molecule has 3 atom stereocenters. The fraction of sp³-hybridized carbons (Fsp3) is 1.00.